The van der Waals surface area contributed by atoms with Crippen LogP contribution in [0.15, 0.2) is 24.3 Å². The molecule has 0 aliphatic carbocycles. The van der Waals surface area contributed by atoms with Gasteiger partial charge in [-0.25, -0.2) is 0 Å². The SMILES string of the molecule is O=[C-]Nc1ccc(O)cc1.[Rb+]. The Morgan fingerprint density at radius 2 is 1.82 bits per heavy atom. The molecular formula is C7H6NO2Rb. The van der Waals surface area contributed by atoms with Gasteiger partial charge in [0.2, 0.25) is 0 Å². The number of phenolic OH excluding ortho intramolecular Hbond substituents is 1. The molecule has 3 nitrogen and oxygen atoms in total. The molecule has 0 aliphatic heterocycles. The summed E-state index contributed by atoms with van der Waals surface area (Å²) in [6, 6.07) is 6.14. The number of benzene rings is 1. The summed E-state index contributed by atoms with van der Waals surface area (Å²) in [6.07, 6.45) is 1.52. The molecular weight excluding hydrogens is 216 g/mol. The number of hydrogen-bond acceptors (Lipinski definition) is 2. The number of anilines is 1. The fourth-order valence-electron chi connectivity index (χ4n) is 0.604. The van der Waals surface area contributed by atoms with E-state index in [0.29, 0.717) is 5.69 Å². The fourth-order valence-corrected chi connectivity index (χ4v) is 0.604. The van der Waals surface area contributed by atoms with Crippen LogP contribution in [0.4, 0.5) is 5.69 Å². The van der Waals surface area contributed by atoms with Crippen molar-refractivity contribution in [2.45, 2.75) is 0 Å². The Kier molecular flexibility index (Phi) is 6.04. The molecule has 52 valence electrons. The fraction of sp³-hybridized carbons (Fsp3) is 0. The van der Waals surface area contributed by atoms with Crippen LogP contribution in [0.1, 0.15) is 0 Å². The van der Waals surface area contributed by atoms with Crippen molar-refractivity contribution in [3.8, 4) is 5.75 Å². The minimum absolute atomic E-state index is 0. The molecule has 0 saturated carbocycles. The van der Waals surface area contributed by atoms with Crippen molar-refractivity contribution in [2.24, 2.45) is 0 Å². The zero-order valence-electron chi connectivity index (χ0n) is 6.16. The maximum Gasteiger partial charge on any atom is 1.00 e. The summed E-state index contributed by atoms with van der Waals surface area (Å²) in [5.41, 5.74) is 0.618. The number of phenols is 1. The van der Waals surface area contributed by atoms with Crippen LogP contribution in [0.3, 0.4) is 0 Å². The van der Waals surface area contributed by atoms with Gasteiger partial charge in [-0.1, -0.05) is 0 Å². The number of nitrogens with one attached hydrogen (secondary N) is 1. The monoisotopic (exact) mass is 221 g/mol. The van der Waals surface area contributed by atoms with Gasteiger partial charge in [-0.05, 0) is 12.1 Å². The molecule has 1 rings (SSSR count). The zero-order valence-corrected chi connectivity index (χ0v) is 11.1. The van der Waals surface area contributed by atoms with E-state index in [9.17, 15) is 4.79 Å². The van der Waals surface area contributed by atoms with E-state index >= 15 is 0 Å². The molecule has 0 fully saturated rings. The van der Waals surface area contributed by atoms with Crippen molar-refractivity contribution in [3.63, 3.8) is 0 Å². The molecule has 1 aromatic carbocycles. The molecule has 0 spiro atoms. The first-order chi connectivity index (χ1) is 4.83. The van der Waals surface area contributed by atoms with E-state index in [-0.39, 0.29) is 63.9 Å². The first kappa shape index (κ1) is 11.3. The van der Waals surface area contributed by atoms with Gasteiger partial charge in [-0.2, -0.15) is 0 Å². The van der Waals surface area contributed by atoms with Crippen LogP contribution in [0.25, 0.3) is 0 Å². The van der Waals surface area contributed by atoms with Gasteiger partial charge >= 0.3 is 58.2 Å². The largest absolute Gasteiger partial charge is 1.00 e. The van der Waals surface area contributed by atoms with E-state index in [1.54, 1.807) is 12.1 Å². The summed E-state index contributed by atoms with van der Waals surface area (Å²) in [4.78, 5) is 9.76. The Morgan fingerprint density at radius 1 is 1.27 bits per heavy atom. The van der Waals surface area contributed by atoms with Crippen LogP contribution in [0, 0.1) is 0 Å². The van der Waals surface area contributed by atoms with Crippen LogP contribution < -0.4 is 63.5 Å². The van der Waals surface area contributed by atoms with Gasteiger partial charge in [-0.3, -0.25) is 0 Å². The smallest absolute Gasteiger partial charge is 0.508 e. The van der Waals surface area contributed by atoms with Gasteiger partial charge < -0.3 is 15.2 Å². The molecule has 0 unspecified atom stereocenters. The maximum absolute atomic E-state index is 9.76. The first-order valence-electron chi connectivity index (χ1n) is 2.75. The molecule has 11 heavy (non-hydrogen) atoms. The number of carbonyl (C=O) groups excluding carboxylic acids is 1. The van der Waals surface area contributed by atoms with Crippen molar-refractivity contribution < 1.29 is 68.1 Å². The Morgan fingerprint density at radius 3 is 2.27 bits per heavy atom. The Bertz CT molecular complexity index is 222. The van der Waals surface area contributed by atoms with Crippen LogP contribution in [-0.4, -0.2) is 11.5 Å². The van der Waals surface area contributed by atoms with Gasteiger partial charge in [0.1, 0.15) is 5.75 Å². The second kappa shape index (κ2) is 5.88. The predicted molar refractivity (Wildman–Crippen MR) is 37.4 cm³/mol. The average molecular weight is 222 g/mol. The quantitative estimate of drug-likeness (QED) is 0.341. The summed E-state index contributed by atoms with van der Waals surface area (Å²) < 4.78 is 0. The summed E-state index contributed by atoms with van der Waals surface area (Å²) in [5, 5.41) is 11.1. The second-order valence-corrected chi connectivity index (χ2v) is 1.77. The van der Waals surface area contributed by atoms with Crippen molar-refractivity contribution in [1.29, 1.82) is 0 Å². The number of aromatic hydroxyl groups is 1. The molecule has 1 amide bonds. The number of amides is 1. The van der Waals surface area contributed by atoms with Gasteiger partial charge in [0.15, 0.2) is 0 Å². The Hall–Kier alpha value is 0.295. The van der Waals surface area contributed by atoms with Crippen LogP contribution in [0.2, 0.25) is 0 Å². The molecule has 0 bridgehead atoms. The van der Waals surface area contributed by atoms with Crippen molar-refractivity contribution in [1.82, 2.24) is 0 Å². The Balaban J connectivity index is 0.000001000. The van der Waals surface area contributed by atoms with E-state index in [0.717, 1.165) is 0 Å². The maximum atomic E-state index is 9.76. The van der Waals surface area contributed by atoms with E-state index in [1.165, 1.54) is 18.5 Å². The minimum Gasteiger partial charge on any atom is -0.508 e. The molecule has 2 N–H and O–H groups in total. The topological polar surface area (TPSA) is 49.3 Å². The molecule has 0 aromatic heterocycles. The Labute approximate surface area is 114 Å². The van der Waals surface area contributed by atoms with Crippen molar-refractivity contribution in [3.05, 3.63) is 24.3 Å². The third-order valence-electron chi connectivity index (χ3n) is 1.06. The number of hydrogen-bond donors (Lipinski definition) is 2. The summed E-state index contributed by atoms with van der Waals surface area (Å²) in [5.74, 6) is 0.177. The minimum atomic E-state index is 0. The predicted octanol–water partition coefficient (Wildman–Crippen LogP) is -2.12. The molecule has 0 radical (unpaired) electrons. The van der Waals surface area contributed by atoms with Crippen LogP contribution >= 0.6 is 0 Å². The molecule has 1 aromatic rings. The normalized spacial score (nSPS) is 8.00. The molecule has 0 saturated heterocycles. The van der Waals surface area contributed by atoms with Crippen molar-refractivity contribution in [2.75, 3.05) is 5.32 Å². The second-order valence-electron chi connectivity index (χ2n) is 1.77. The summed E-state index contributed by atoms with van der Waals surface area (Å²) in [7, 11) is 0. The molecule has 0 aliphatic rings. The zero-order chi connectivity index (χ0) is 7.40. The van der Waals surface area contributed by atoms with Gasteiger partial charge in [0.05, 0.1) is 6.41 Å². The summed E-state index contributed by atoms with van der Waals surface area (Å²) in [6.45, 7) is 0. The third kappa shape index (κ3) is 4.01. The molecule has 4 heteroatoms. The van der Waals surface area contributed by atoms with Gasteiger partial charge in [-0.15, -0.1) is 17.8 Å². The molecule has 0 atom stereocenters. The van der Waals surface area contributed by atoms with Gasteiger partial charge in [0, 0.05) is 0 Å². The standard InChI is InChI=1S/C7H6NO2.Rb/c9-5-8-6-1-3-7(10)4-2-6;/h1-4,10H,(H,8,9);/q-1;+1. The van der Waals surface area contributed by atoms with E-state index in [1.807, 2.05) is 0 Å². The van der Waals surface area contributed by atoms with Crippen LogP contribution in [0.5, 0.6) is 5.75 Å². The van der Waals surface area contributed by atoms with Crippen molar-refractivity contribution >= 4 is 12.1 Å². The van der Waals surface area contributed by atoms with Gasteiger partial charge in [0.25, 0.3) is 0 Å². The first-order valence-corrected chi connectivity index (χ1v) is 2.75. The average Bonchev–Trinajstić information content (AvgIpc) is 1.95. The summed E-state index contributed by atoms with van der Waals surface area (Å²) >= 11 is 0. The third-order valence-corrected chi connectivity index (χ3v) is 1.06. The molecule has 0 heterocycles. The number of rotatable bonds is 2. The van der Waals surface area contributed by atoms with E-state index in [4.69, 9.17) is 5.11 Å². The van der Waals surface area contributed by atoms with E-state index in [2.05, 4.69) is 5.32 Å². The van der Waals surface area contributed by atoms with Crippen LogP contribution in [-0.2, 0) is 4.79 Å². The van der Waals surface area contributed by atoms with E-state index < -0.39 is 0 Å².